The van der Waals surface area contributed by atoms with Crippen molar-refractivity contribution in [1.29, 1.82) is 0 Å². The molecule has 2 aliphatic rings. The van der Waals surface area contributed by atoms with Crippen LogP contribution in [0.3, 0.4) is 0 Å². The second-order valence-corrected chi connectivity index (χ2v) is 10.5. The van der Waals surface area contributed by atoms with Crippen molar-refractivity contribution in [3.8, 4) is 16.7 Å². The van der Waals surface area contributed by atoms with Crippen molar-refractivity contribution in [1.82, 2.24) is 14.9 Å². The highest BCUT2D eigenvalue weighted by molar-refractivity contribution is 8.00. The number of rotatable bonds is 8. The van der Waals surface area contributed by atoms with Crippen LogP contribution in [0.5, 0.6) is 16.7 Å². The lowest BCUT2D eigenvalue weighted by Crippen LogP contribution is -2.37. The van der Waals surface area contributed by atoms with Crippen molar-refractivity contribution in [3.63, 3.8) is 0 Å². The highest BCUT2D eigenvalue weighted by atomic mass is 32.2. The number of hydrogen-bond acceptors (Lipinski definition) is 7. The van der Waals surface area contributed by atoms with E-state index in [9.17, 15) is 0 Å². The van der Waals surface area contributed by atoms with Gasteiger partial charge >= 0.3 is 0 Å². The quantitative estimate of drug-likeness (QED) is 0.410. The second kappa shape index (κ2) is 10.5. The van der Waals surface area contributed by atoms with Gasteiger partial charge in [0.25, 0.3) is 5.19 Å². The number of benzene rings is 1. The van der Waals surface area contributed by atoms with Crippen molar-refractivity contribution in [2.75, 3.05) is 26.2 Å². The van der Waals surface area contributed by atoms with Crippen LogP contribution < -0.4 is 9.47 Å². The molecule has 0 spiro atoms. The van der Waals surface area contributed by atoms with Gasteiger partial charge in [0.15, 0.2) is 5.65 Å². The van der Waals surface area contributed by atoms with Gasteiger partial charge < -0.3 is 9.47 Å². The lowest BCUT2D eigenvalue weighted by Gasteiger charge is -2.32. The van der Waals surface area contributed by atoms with Gasteiger partial charge in [-0.15, -0.1) is 0 Å². The first-order valence-corrected chi connectivity index (χ1v) is 12.9. The van der Waals surface area contributed by atoms with Crippen molar-refractivity contribution in [2.24, 2.45) is 0 Å². The molecule has 0 bridgehead atoms. The maximum atomic E-state index is 5.97. The van der Waals surface area contributed by atoms with E-state index in [-0.39, 0.29) is 0 Å². The lowest BCUT2D eigenvalue weighted by molar-refractivity contribution is 0.185. The number of aromatic nitrogens is 2. The SMILES string of the molecule is C1=CCC(SC2CCN(CCOc3ccc(Oc4nc5ncccc5s4)cc3)CC2)C=C1. The van der Waals surface area contributed by atoms with Gasteiger partial charge in [-0.25, -0.2) is 4.98 Å². The smallest absolute Gasteiger partial charge is 0.281 e. The summed E-state index contributed by atoms with van der Waals surface area (Å²) >= 11 is 3.65. The molecule has 2 aromatic heterocycles. The van der Waals surface area contributed by atoms with E-state index in [2.05, 4.69) is 50.9 Å². The first-order valence-electron chi connectivity index (χ1n) is 11.2. The summed E-state index contributed by atoms with van der Waals surface area (Å²) in [5.41, 5.74) is 0.720. The molecule has 1 unspecified atom stereocenters. The van der Waals surface area contributed by atoms with Gasteiger partial charge in [0.2, 0.25) is 0 Å². The lowest BCUT2D eigenvalue weighted by atomic mass is 10.1. The van der Waals surface area contributed by atoms with Crippen LogP contribution in [0, 0.1) is 0 Å². The summed E-state index contributed by atoms with van der Waals surface area (Å²) in [5.74, 6) is 1.62. The summed E-state index contributed by atoms with van der Waals surface area (Å²) in [6.07, 6.45) is 14.4. The molecule has 5 rings (SSSR count). The van der Waals surface area contributed by atoms with E-state index < -0.39 is 0 Å². The summed E-state index contributed by atoms with van der Waals surface area (Å²) in [6.45, 7) is 4.01. The highest BCUT2D eigenvalue weighted by Gasteiger charge is 2.22. The Balaban J connectivity index is 1.03. The van der Waals surface area contributed by atoms with Gasteiger partial charge in [0.05, 0.1) is 4.70 Å². The van der Waals surface area contributed by atoms with Crippen LogP contribution in [-0.2, 0) is 0 Å². The van der Waals surface area contributed by atoms with Gasteiger partial charge in [-0.2, -0.15) is 16.7 Å². The third-order valence-electron chi connectivity index (χ3n) is 5.69. The Bertz CT molecular complexity index is 1040. The number of nitrogens with zero attached hydrogens (tertiary/aromatic N) is 3. The summed E-state index contributed by atoms with van der Waals surface area (Å²) in [4.78, 5) is 11.2. The van der Waals surface area contributed by atoms with Crippen LogP contribution in [0.2, 0.25) is 0 Å². The Kier molecular flexibility index (Phi) is 7.06. The first kappa shape index (κ1) is 21.5. The maximum Gasteiger partial charge on any atom is 0.281 e. The molecule has 1 aliphatic carbocycles. The molecule has 0 N–H and O–H groups in total. The van der Waals surface area contributed by atoms with E-state index >= 15 is 0 Å². The Morgan fingerprint density at radius 1 is 1.06 bits per heavy atom. The highest BCUT2D eigenvalue weighted by Crippen LogP contribution is 2.32. The Morgan fingerprint density at radius 2 is 1.91 bits per heavy atom. The molecule has 0 amide bonds. The van der Waals surface area contributed by atoms with Gasteiger partial charge in [-0.3, -0.25) is 4.90 Å². The molecule has 7 heteroatoms. The molecule has 1 saturated heterocycles. The van der Waals surface area contributed by atoms with Crippen molar-refractivity contribution < 1.29 is 9.47 Å². The van der Waals surface area contributed by atoms with Gasteiger partial charge in [-0.05, 0) is 68.8 Å². The van der Waals surface area contributed by atoms with E-state index in [1.807, 2.05) is 36.4 Å². The summed E-state index contributed by atoms with van der Waals surface area (Å²) in [5, 5.41) is 2.05. The molecule has 166 valence electrons. The predicted octanol–water partition coefficient (Wildman–Crippen LogP) is 5.94. The largest absolute Gasteiger partial charge is 0.492 e. The van der Waals surface area contributed by atoms with E-state index in [0.717, 1.165) is 46.7 Å². The van der Waals surface area contributed by atoms with Crippen LogP contribution in [0.25, 0.3) is 10.3 Å². The molecular formula is C25H27N3O2S2. The Labute approximate surface area is 197 Å². The number of fused-ring (bicyclic) bond motifs is 1. The van der Waals surface area contributed by atoms with Crippen LogP contribution in [-0.4, -0.2) is 51.6 Å². The van der Waals surface area contributed by atoms with Crippen LogP contribution in [0.15, 0.2) is 66.9 Å². The van der Waals surface area contributed by atoms with Crippen molar-refractivity contribution >= 4 is 33.4 Å². The van der Waals surface area contributed by atoms with E-state index in [1.54, 1.807) is 6.20 Å². The average molecular weight is 466 g/mol. The van der Waals surface area contributed by atoms with Crippen LogP contribution >= 0.6 is 23.1 Å². The summed E-state index contributed by atoms with van der Waals surface area (Å²) in [6, 6.07) is 11.7. The average Bonchev–Trinajstić information content (AvgIpc) is 3.24. The Morgan fingerprint density at radius 3 is 2.69 bits per heavy atom. The van der Waals surface area contributed by atoms with Crippen LogP contribution in [0.4, 0.5) is 0 Å². The standard InChI is InChI=1S/C25H27N3O2S2/c1-2-5-21(6-3-1)31-22-12-15-28(16-13-22)17-18-29-19-8-10-20(11-9-19)30-25-27-24-23(32-25)7-4-14-26-24/h1-5,7-11,14,21-22H,6,12-13,15-18H2. The summed E-state index contributed by atoms with van der Waals surface area (Å²) in [7, 11) is 0. The van der Waals surface area contributed by atoms with E-state index in [1.165, 1.54) is 30.6 Å². The molecule has 1 aliphatic heterocycles. The molecule has 1 fully saturated rings. The van der Waals surface area contributed by atoms with Crippen LogP contribution in [0.1, 0.15) is 19.3 Å². The fraction of sp³-hybridized carbons (Fsp3) is 0.360. The second-order valence-electron chi connectivity index (χ2n) is 7.99. The van der Waals surface area contributed by atoms with E-state index in [0.29, 0.717) is 17.1 Å². The number of thioether (sulfide) groups is 1. The number of piperidine rings is 1. The maximum absolute atomic E-state index is 5.97. The van der Waals surface area contributed by atoms with Gasteiger partial charge in [0, 0.05) is 23.2 Å². The van der Waals surface area contributed by atoms with Gasteiger partial charge in [0.1, 0.15) is 18.1 Å². The number of thiazole rings is 1. The predicted molar refractivity (Wildman–Crippen MR) is 133 cm³/mol. The number of allylic oxidation sites excluding steroid dienone is 3. The minimum absolute atomic E-state index is 0.602. The first-order chi connectivity index (χ1) is 15.8. The molecular weight excluding hydrogens is 438 g/mol. The molecule has 3 heterocycles. The molecule has 3 aromatic rings. The number of likely N-dealkylation sites (tertiary alicyclic amines) is 1. The normalized spacial score (nSPS) is 19.4. The van der Waals surface area contributed by atoms with Crippen molar-refractivity contribution in [3.05, 3.63) is 66.9 Å². The molecule has 1 atom stereocenters. The third kappa shape index (κ3) is 5.71. The zero-order valence-electron chi connectivity index (χ0n) is 17.9. The number of hydrogen-bond donors (Lipinski definition) is 0. The zero-order valence-corrected chi connectivity index (χ0v) is 19.6. The fourth-order valence-corrected chi connectivity index (χ4v) is 6.14. The monoisotopic (exact) mass is 465 g/mol. The molecule has 0 radical (unpaired) electrons. The zero-order chi connectivity index (χ0) is 21.6. The summed E-state index contributed by atoms with van der Waals surface area (Å²) < 4.78 is 12.9. The Hall–Kier alpha value is -2.35. The number of pyridine rings is 1. The molecule has 0 saturated carbocycles. The molecule has 5 nitrogen and oxygen atoms in total. The third-order valence-corrected chi connectivity index (χ3v) is 8.14. The molecule has 32 heavy (non-hydrogen) atoms. The fourth-order valence-electron chi connectivity index (χ4n) is 3.97. The topological polar surface area (TPSA) is 47.5 Å². The minimum Gasteiger partial charge on any atom is -0.492 e. The van der Waals surface area contributed by atoms with E-state index in [4.69, 9.17) is 9.47 Å². The molecule has 1 aromatic carbocycles. The minimum atomic E-state index is 0.602. The van der Waals surface area contributed by atoms with Crippen molar-refractivity contribution in [2.45, 2.75) is 29.8 Å². The number of ether oxygens (including phenoxy) is 2. The van der Waals surface area contributed by atoms with Gasteiger partial charge in [-0.1, -0.05) is 35.6 Å².